The lowest BCUT2D eigenvalue weighted by atomic mass is 10.1. The van der Waals surface area contributed by atoms with Crippen LogP contribution in [0.4, 0.5) is 4.79 Å². The van der Waals surface area contributed by atoms with E-state index in [1.165, 1.54) is 77.0 Å². The molecule has 0 aliphatic rings. The van der Waals surface area contributed by atoms with Gasteiger partial charge in [0.2, 0.25) is 0 Å². The van der Waals surface area contributed by atoms with Crippen LogP contribution in [0.1, 0.15) is 124 Å². The average molecular weight is 397 g/mol. The number of carbonyl (C=O) groups excluding carboxylic acids is 1. The molecule has 0 aliphatic carbocycles. The molecule has 0 aliphatic heterocycles. The van der Waals surface area contributed by atoms with Gasteiger partial charge in [0.1, 0.15) is 0 Å². The van der Waals surface area contributed by atoms with Gasteiger partial charge in [-0.05, 0) is 50.9 Å². The first-order chi connectivity index (χ1) is 13.7. The Morgan fingerprint density at radius 3 is 1.68 bits per heavy atom. The van der Waals surface area contributed by atoms with Crippen molar-refractivity contribution in [3.63, 3.8) is 0 Å². The van der Waals surface area contributed by atoms with Crippen molar-refractivity contribution in [2.75, 3.05) is 13.2 Å². The third-order valence-electron chi connectivity index (χ3n) is 5.02. The molecule has 0 saturated carbocycles. The zero-order valence-electron chi connectivity index (χ0n) is 19.2. The van der Waals surface area contributed by atoms with Crippen LogP contribution in [0.2, 0.25) is 0 Å². The van der Waals surface area contributed by atoms with E-state index >= 15 is 0 Å². The molecule has 0 spiro atoms. The molecule has 0 saturated heterocycles. The van der Waals surface area contributed by atoms with Crippen molar-refractivity contribution in [2.24, 2.45) is 5.92 Å². The van der Waals surface area contributed by atoms with E-state index in [4.69, 9.17) is 9.47 Å². The molecule has 0 fully saturated rings. The van der Waals surface area contributed by atoms with Gasteiger partial charge < -0.3 is 9.47 Å². The zero-order chi connectivity index (χ0) is 20.7. The Hall–Kier alpha value is -0.990. The largest absolute Gasteiger partial charge is 0.508 e. The van der Waals surface area contributed by atoms with Crippen molar-refractivity contribution >= 4 is 6.16 Å². The molecule has 3 heteroatoms. The van der Waals surface area contributed by atoms with E-state index in [1.54, 1.807) is 0 Å². The topological polar surface area (TPSA) is 35.5 Å². The first-order valence-corrected chi connectivity index (χ1v) is 12.1. The molecular formula is C25H48O3. The van der Waals surface area contributed by atoms with E-state index in [0.717, 1.165) is 25.7 Å². The highest BCUT2D eigenvalue weighted by Crippen LogP contribution is 2.10. The highest BCUT2D eigenvalue weighted by molar-refractivity contribution is 5.59. The number of hydrogen-bond donors (Lipinski definition) is 0. The fourth-order valence-electron chi connectivity index (χ4n) is 3.19. The van der Waals surface area contributed by atoms with Gasteiger partial charge >= 0.3 is 6.16 Å². The second kappa shape index (κ2) is 22.3. The molecule has 28 heavy (non-hydrogen) atoms. The summed E-state index contributed by atoms with van der Waals surface area (Å²) in [5.74, 6) is 0.653. The molecule has 0 rings (SSSR count). The van der Waals surface area contributed by atoms with Gasteiger partial charge in [-0.1, -0.05) is 90.7 Å². The van der Waals surface area contributed by atoms with E-state index in [0.29, 0.717) is 19.1 Å². The van der Waals surface area contributed by atoms with Crippen molar-refractivity contribution in [3.05, 3.63) is 12.2 Å². The first kappa shape index (κ1) is 27.0. The van der Waals surface area contributed by atoms with Gasteiger partial charge in [0.25, 0.3) is 0 Å². The van der Waals surface area contributed by atoms with Gasteiger partial charge in [0.05, 0.1) is 13.2 Å². The van der Waals surface area contributed by atoms with E-state index < -0.39 is 6.16 Å². The number of hydrogen-bond acceptors (Lipinski definition) is 3. The maximum absolute atomic E-state index is 11.4. The van der Waals surface area contributed by atoms with Gasteiger partial charge in [-0.3, -0.25) is 0 Å². The maximum atomic E-state index is 11.4. The standard InChI is InChI=1S/C25H48O3/c1-4-5-6-7-8-9-10-11-12-13-14-15-16-17-18-19-22-27-25(26)28-23-20-21-24(2)3/h11-12,24H,4-10,13-23H2,1-3H3/b12-11-. The monoisotopic (exact) mass is 396 g/mol. The molecule has 0 aromatic heterocycles. The second-order valence-corrected chi connectivity index (χ2v) is 8.42. The van der Waals surface area contributed by atoms with Crippen molar-refractivity contribution in [1.82, 2.24) is 0 Å². The van der Waals surface area contributed by atoms with Gasteiger partial charge in [-0.15, -0.1) is 0 Å². The van der Waals surface area contributed by atoms with Crippen molar-refractivity contribution < 1.29 is 14.3 Å². The fraction of sp³-hybridized carbons (Fsp3) is 0.880. The minimum atomic E-state index is -0.503. The normalized spacial score (nSPS) is 11.4. The smallest absolute Gasteiger partial charge is 0.434 e. The van der Waals surface area contributed by atoms with Crippen molar-refractivity contribution in [3.8, 4) is 0 Å². The van der Waals surface area contributed by atoms with Crippen LogP contribution in [0.15, 0.2) is 12.2 Å². The molecule has 0 aromatic carbocycles. The first-order valence-electron chi connectivity index (χ1n) is 12.1. The SMILES string of the molecule is CCCCCCCC/C=C\CCCCCCCCOC(=O)OCCCC(C)C. The van der Waals surface area contributed by atoms with Crippen molar-refractivity contribution in [2.45, 2.75) is 124 Å². The van der Waals surface area contributed by atoms with Gasteiger partial charge in [-0.25, -0.2) is 4.79 Å². The molecular weight excluding hydrogens is 348 g/mol. The molecule has 0 bridgehead atoms. The van der Waals surface area contributed by atoms with Crippen LogP contribution in [0.5, 0.6) is 0 Å². The predicted octanol–water partition coefficient (Wildman–Crippen LogP) is 8.61. The summed E-state index contributed by atoms with van der Waals surface area (Å²) in [5.41, 5.74) is 0. The molecule has 0 radical (unpaired) electrons. The summed E-state index contributed by atoms with van der Waals surface area (Å²) in [6, 6.07) is 0. The highest BCUT2D eigenvalue weighted by atomic mass is 16.7. The lowest BCUT2D eigenvalue weighted by Gasteiger charge is -2.07. The molecule has 0 amide bonds. The number of ether oxygens (including phenoxy) is 2. The average Bonchev–Trinajstić information content (AvgIpc) is 2.67. The predicted molar refractivity (Wildman–Crippen MR) is 121 cm³/mol. The van der Waals surface area contributed by atoms with Crippen molar-refractivity contribution in [1.29, 1.82) is 0 Å². The summed E-state index contributed by atoms with van der Waals surface area (Å²) in [6.45, 7) is 7.58. The number of carbonyl (C=O) groups is 1. The highest BCUT2D eigenvalue weighted by Gasteiger charge is 2.03. The summed E-state index contributed by atoms with van der Waals surface area (Å²) >= 11 is 0. The Kier molecular flexibility index (Phi) is 21.5. The van der Waals surface area contributed by atoms with Gasteiger partial charge in [0.15, 0.2) is 0 Å². The maximum Gasteiger partial charge on any atom is 0.508 e. The minimum absolute atomic E-state index is 0.477. The molecule has 166 valence electrons. The molecule has 0 aromatic rings. The van der Waals surface area contributed by atoms with Crippen LogP contribution in [-0.2, 0) is 9.47 Å². The Labute approximate surface area is 175 Å². The summed E-state index contributed by atoms with van der Waals surface area (Å²) < 4.78 is 10.2. The zero-order valence-corrected chi connectivity index (χ0v) is 19.2. The third-order valence-corrected chi connectivity index (χ3v) is 5.02. The number of allylic oxidation sites excluding steroid dienone is 2. The van der Waals surface area contributed by atoms with E-state index in [-0.39, 0.29) is 0 Å². The fourth-order valence-corrected chi connectivity index (χ4v) is 3.19. The Balaban J connectivity index is 3.19. The minimum Gasteiger partial charge on any atom is -0.434 e. The summed E-state index contributed by atoms with van der Waals surface area (Å²) in [4.78, 5) is 11.4. The second-order valence-electron chi connectivity index (χ2n) is 8.42. The Morgan fingerprint density at radius 2 is 1.14 bits per heavy atom. The van der Waals surface area contributed by atoms with Crippen LogP contribution >= 0.6 is 0 Å². The van der Waals surface area contributed by atoms with Gasteiger partial charge in [0, 0.05) is 0 Å². The third kappa shape index (κ3) is 23.0. The number of unbranched alkanes of at least 4 members (excludes halogenated alkanes) is 12. The molecule has 0 heterocycles. The molecule has 0 unspecified atom stereocenters. The summed E-state index contributed by atoms with van der Waals surface area (Å²) in [6.07, 6.45) is 24.2. The van der Waals surface area contributed by atoms with Crippen LogP contribution in [0.25, 0.3) is 0 Å². The summed E-state index contributed by atoms with van der Waals surface area (Å²) in [5, 5.41) is 0. The number of rotatable bonds is 20. The van der Waals surface area contributed by atoms with E-state index in [2.05, 4.69) is 32.9 Å². The van der Waals surface area contributed by atoms with Gasteiger partial charge in [-0.2, -0.15) is 0 Å². The van der Waals surface area contributed by atoms with E-state index in [1.807, 2.05) is 0 Å². The van der Waals surface area contributed by atoms with E-state index in [9.17, 15) is 4.79 Å². The lowest BCUT2D eigenvalue weighted by Crippen LogP contribution is -2.09. The van der Waals surface area contributed by atoms with Crippen LogP contribution in [0, 0.1) is 5.92 Å². The Bertz CT molecular complexity index is 350. The molecule has 3 nitrogen and oxygen atoms in total. The lowest BCUT2D eigenvalue weighted by molar-refractivity contribution is 0.0524. The van der Waals surface area contributed by atoms with Crippen LogP contribution in [0.3, 0.4) is 0 Å². The Morgan fingerprint density at radius 1 is 0.679 bits per heavy atom. The molecule has 0 N–H and O–H groups in total. The van der Waals surface area contributed by atoms with Crippen LogP contribution in [-0.4, -0.2) is 19.4 Å². The quantitative estimate of drug-likeness (QED) is 0.117. The summed E-state index contributed by atoms with van der Waals surface area (Å²) in [7, 11) is 0. The van der Waals surface area contributed by atoms with Crippen LogP contribution < -0.4 is 0 Å². The molecule has 0 atom stereocenters.